The van der Waals surface area contributed by atoms with Gasteiger partial charge >= 0.3 is 0 Å². The minimum absolute atomic E-state index is 0.265. The molecule has 98 valence electrons. The predicted octanol–water partition coefficient (Wildman–Crippen LogP) is 1.94. The lowest BCUT2D eigenvalue weighted by Crippen LogP contribution is -2.18. The molecule has 19 heavy (non-hydrogen) atoms. The minimum atomic E-state index is -3.48. The van der Waals surface area contributed by atoms with Crippen LogP contribution >= 0.6 is 11.3 Å². The number of hydrogen-bond acceptors (Lipinski definition) is 5. The molecule has 0 bridgehead atoms. The largest absolute Gasteiger partial charge is 0.375 e. The third-order valence-electron chi connectivity index (χ3n) is 2.95. The molecule has 5 nitrogen and oxygen atoms in total. The minimum Gasteiger partial charge on any atom is -0.375 e. The van der Waals surface area contributed by atoms with E-state index in [0.717, 1.165) is 15.6 Å². The van der Waals surface area contributed by atoms with E-state index >= 15 is 0 Å². The van der Waals surface area contributed by atoms with E-state index in [9.17, 15) is 8.42 Å². The Kier molecular flexibility index (Phi) is 2.70. The van der Waals surface area contributed by atoms with Gasteiger partial charge in [0.1, 0.15) is 0 Å². The molecular formula is C12H11N3O2S2. The van der Waals surface area contributed by atoms with Crippen molar-refractivity contribution in [2.75, 3.05) is 12.8 Å². The molecule has 3 rings (SSSR count). The van der Waals surface area contributed by atoms with Crippen molar-refractivity contribution in [3.8, 4) is 0 Å². The van der Waals surface area contributed by atoms with Crippen LogP contribution in [0, 0.1) is 0 Å². The Bertz CT molecular complexity index is 885. The van der Waals surface area contributed by atoms with Gasteiger partial charge in [0, 0.05) is 10.8 Å². The molecule has 0 fully saturated rings. The first-order valence-corrected chi connectivity index (χ1v) is 7.84. The molecule has 2 aromatic carbocycles. The summed E-state index contributed by atoms with van der Waals surface area (Å²) >= 11 is 1.36. The first-order valence-electron chi connectivity index (χ1n) is 5.54. The predicted molar refractivity (Wildman–Crippen MR) is 77.8 cm³/mol. The number of thiazole rings is 1. The molecule has 1 aromatic heterocycles. The number of anilines is 1. The molecule has 0 spiro atoms. The smallest absolute Gasteiger partial charge is 0.240 e. The third kappa shape index (κ3) is 1.86. The van der Waals surface area contributed by atoms with Crippen molar-refractivity contribution in [3.05, 3.63) is 30.3 Å². The van der Waals surface area contributed by atoms with Crippen LogP contribution in [0.5, 0.6) is 0 Å². The lowest BCUT2D eigenvalue weighted by atomic mass is 10.1. The maximum Gasteiger partial charge on any atom is 0.240 e. The zero-order chi connectivity index (χ0) is 13.6. The highest BCUT2D eigenvalue weighted by molar-refractivity contribution is 7.89. The van der Waals surface area contributed by atoms with Gasteiger partial charge in [-0.2, -0.15) is 0 Å². The fourth-order valence-electron chi connectivity index (χ4n) is 2.08. The number of sulfonamides is 1. The second-order valence-electron chi connectivity index (χ2n) is 4.02. The zero-order valence-corrected chi connectivity index (χ0v) is 11.7. The summed E-state index contributed by atoms with van der Waals surface area (Å²) in [6.45, 7) is 0. The van der Waals surface area contributed by atoms with Crippen LogP contribution < -0.4 is 10.5 Å². The number of nitrogens with zero attached hydrogens (tertiary/aromatic N) is 1. The number of nitrogens with two attached hydrogens (primary N) is 1. The number of aromatic nitrogens is 1. The summed E-state index contributed by atoms with van der Waals surface area (Å²) in [6.07, 6.45) is 0. The summed E-state index contributed by atoms with van der Waals surface area (Å²) in [5, 5.41) is 2.00. The van der Waals surface area contributed by atoms with Crippen LogP contribution in [0.3, 0.4) is 0 Å². The van der Waals surface area contributed by atoms with Crippen LogP contribution in [0.15, 0.2) is 35.2 Å². The van der Waals surface area contributed by atoms with Gasteiger partial charge in [0.2, 0.25) is 10.0 Å². The lowest BCUT2D eigenvalue weighted by molar-refractivity contribution is 0.589. The van der Waals surface area contributed by atoms with Crippen molar-refractivity contribution in [2.24, 2.45) is 0 Å². The Morgan fingerprint density at radius 2 is 2.00 bits per heavy atom. The Morgan fingerprint density at radius 1 is 1.21 bits per heavy atom. The molecule has 0 aliphatic carbocycles. The fraction of sp³-hybridized carbons (Fsp3) is 0.0833. The van der Waals surface area contributed by atoms with Crippen LogP contribution in [0.4, 0.5) is 5.13 Å². The molecule has 0 saturated heterocycles. The van der Waals surface area contributed by atoms with E-state index in [1.807, 2.05) is 6.07 Å². The maximum absolute atomic E-state index is 12.0. The van der Waals surface area contributed by atoms with Gasteiger partial charge in [-0.25, -0.2) is 18.1 Å². The van der Waals surface area contributed by atoms with Crippen LogP contribution in [0.25, 0.3) is 21.0 Å². The summed E-state index contributed by atoms with van der Waals surface area (Å²) in [7, 11) is -2.08. The van der Waals surface area contributed by atoms with E-state index < -0.39 is 10.0 Å². The zero-order valence-electron chi connectivity index (χ0n) is 10.0. The second kappa shape index (κ2) is 4.16. The first-order chi connectivity index (χ1) is 9.03. The number of nitrogen functional groups attached to an aromatic ring is 1. The summed E-state index contributed by atoms with van der Waals surface area (Å²) < 4.78 is 27.3. The third-order valence-corrected chi connectivity index (χ3v) is 5.35. The lowest BCUT2D eigenvalue weighted by Gasteiger charge is -2.07. The molecule has 3 N–H and O–H groups in total. The maximum atomic E-state index is 12.0. The van der Waals surface area contributed by atoms with E-state index in [4.69, 9.17) is 5.73 Å². The van der Waals surface area contributed by atoms with E-state index in [2.05, 4.69) is 9.71 Å². The Morgan fingerprint density at radius 3 is 2.74 bits per heavy atom. The van der Waals surface area contributed by atoms with Crippen molar-refractivity contribution >= 4 is 47.5 Å². The van der Waals surface area contributed by atoms with Gasteiger partial charge in [-0.05, 0) is 19.2 Å². The molecule has 3 aromatic rings. The summed E-state index contributed by atoms with van der Waals surface area (Å²) in [6, 6.07) is 8.75. The van der Waals surface area contributed by atoms with Crippen molar-refractivity contribution < 1.29 is 8.42 Å². The number of nitrogens with one attached hydrogen (secondary N) is 1. The van der Waals surface area contributed by atoms with Gasteiger partial charge in [0.05, 0.1) is 15.1 Å². The number of rotatable bonds is 2. The van der Waals surface area contributed by atoms with E-state index in [0.29, 0.717) is 10.5 Å². The quantitative estimate of drug-likeness (QED) is 0.756. The Balaban J connectivity index is 2.48. The Hall–Kier alpha value is -1.70. The summed E-state index contributed by atoms with van der Waals surface area (Å²) in [5.41, 5.74) is 6.49. The number of benzene rings is 2. The van der Waals surface area contributed by atoms with Gasteiger partial charge in [-0.3, -0.25) is 0 Å². The van der Waals surface area contributed by atoms with Gasteiger partial charge in [0.15, 0.2) is 5.13 Å². The number of fused-ring (bicyclic) bond motifs is 3. The highest BCUT2D eigenvalue weighted by Crippen LogP contribution is 2.33. The number of hydrogen-bond donors (Lipinski definition) is 2. The molecule has 1 heterocycles. The second-order valence-corrected chi connectivity index (χ2v) is 6.91. The average Bonchev–Trinajstić information content (AvgIpc) is 2.78. The first kappa shape index (κ1) is 12.3. The SMILES string of the molecule is CNS(=O)(=O)c1cccc2c1ccc1nc(N)sc12. The van der Waals surface area contributed by atoms with E-state index in [1.165, 1.54) is 18.4 Å². The fourth-order valence-corrected chi connectivity index (χ4v) is 3.88. The van der Waals surface area contributed by atoms with Crippen molar-refractivity contribution in [2.45, 2.75) is 4.90 Å². The molecule has 0 aliphatic rings. The summed E-state index contributed by atoms with van der Waals surface area (Å²) in [4.78, 5) is 4.47. The van der Waals surface area contributed by atoms with E-state index in [1.54, 1.807) is 24.3 Å². The highest BCUT2D eigenvalue weighted by Gasteiger charge is 2.16. The van der Waals surface area contributed by atoms with Gasteiger partial charge in [-0.1, -0.05) is 29.5 Å². The molecular weight excluding hydrogens is 282 g/mol. The standard InChI is InChI=1S/C12H11N3O2S2/c1-14-19(16,17)10-4-2-3-8-7(10)5-6-9-11(8)18-12(13)15-9/h2-6,14H,1H3,(H2,13,15). The van der Waals surface area contributed by atoms with Crippen molar-refractivity contribution in [1.82, 2.24) is 9.71 Å². The normalized spacial score (nSPS) is 12.3. The van der Waals surface area contributed by atoms with Crippen LogP contribution in [-0.4, -0.2) is 20.4 Å². The molecule has 0 atom stereocenters. The monoisotopic (exact) mass is 293 g/mol. The van der Waals surface area contributed by atoms with E-state index in [-0.39, 0.29) is 4.90 Å². The van der Waals surface area contributed by atoms with Crippen molar-refractivity contribution in [3.63, 3.8) is 0 Å². The average molecular weight is 293 g/mol. The molecule has 7 heteroatoms. The van der Waals surface area contributed by atoms with Crippen molar-refractivity contribution in [1.29, 1.82) is 0 Å². The van der Waals surface area contributed by atoms with Crippen LogP contribution in [-0.2, 0) is 10.0 Å². The highest BCUT2D eigenvalue weighted by atomic mass is 32.2. The molecule has 0 amide bonds. The van der Waals surface area contributed by atoms with Gasteiger partial charge in [-0.15, -0.1) is 0 Å². The molecule has 0 radical (unpaired) electrons. The van der Waals surface area contributed by atoms with Gasteiger partial charge < -0.3 is 5.73 Å². The topological polar surface area (TPSA) is 85.1 Å². The molecule has 0 saturated carbocycles. The molecule has 0 aliphatic heterocycles. The summed E-state index contributed by atoms with van der Waals surface area (Å²) in [5.74, 6) is 0. The van der Waals surface area contributed by atoms with Crippen LogP contribution in [0.1, 0.15) is 0 Å². The molecule has 0 unspecified atom stereocenters. The van der Waals surface area contributed by atoms with Gasteiger partial charge in [0.25, 0.3) is 0 Å². The Labute approximate surface area is 114 Å². The van der Waals surface area contributed by atoms with Crippen LogP contribution in [0.2, 0.25) is 0 Å².